The summed E-state index contributed by atoms with van der Waals surface area (Å²) in [6.07, 6.45) is 0.0630. The number of carboxylic acid groups (broad SMARTS) is 1. The molecule has 90 valence electrons. The zero-order valence-corrected chi connectivity index (χ0v) is 9.89. The Hall–Kier alpha value is -1.86. The highest BCUT2D eigenvalue weighted by Crippen LogP contribution is 2.07. The van der Waals surface area contributed by atoms with Crippen LogP contribution < -0.4 is 0 Å². The van der Waals surface area contributed by atoms with E-state index in [4.69, 9.17) is 10.4 Å². The second-order valence-corrected chi connectivity index (χ2v) is 4.00. The van der Waals surface area contributed by atoms with Gasteiger partial charge in [0.05, 0.1) is 19.0 Å². The van der Waals surface area contributed by atoms with E-state index in [1.807, 2.05) is 36.1 Å². The lowest BCUT2D eigenvalue weighted by Gasteiger charge is -2.18. The first-order valence-electron chi connectivity index (χ1n) is 5.48. The predicted molar refractivity (Wildman–Crippen MR) is 64.3 cm³/mol. The molecule has 0 aliphatic rings. The Morgan fingerprint density at radius 3 is 2.59 bits per heavy atom. The van der Waals surface area contributed by atoms with E-state index in [0.717, 1.165) is 5.56 Å². The molecule has 0 saturated heterocycles. The number of carboxylic acids is 1. The Morgan fingerprint density at radius 1 is 1.41 bits per heavy atom. The summed E-state index contributed by atoms with van der Waals surface area (Å²) in [6, 6.07) is 10.1. The molecule has 0 atom stereocenters. The largest absolute Gasteiger partial charge is 0.481 e. The van der Waals surface area contributed by atoms with Crippen LogP contribution in [0.5, 0.6) is 0 Å². The molecule has 0 fully saturated rings. The number of carbonyl (C=O) groups is 1. The first-order chi connectivity index (χ1) is 8.11. The number of nitrogens with zero attached hydrogens (tertiary/aromatic N) is 2. The third kappa shape index (κ3) is 5.14. The fourth-order valence-electron chi connectivity index (χ4n) is 1.52. The molecule has 0 saturated carbocycles. The van der Waals surface area contributed by atoms with Crippen molar-refractivity contribution in [1.29, 1.82) is 5.26 Å². The smallest absolute Gasteiger partial charge is 0.304 e. The molecular formula is C13H16N2O2. The molecule has 0 aliphatic carbocycles. The fourth-order valence-corrected chi connectivity index (χ4v) is 1.52. The topological polar surface area (TPSA) is 64.3 Å². The van der Waals surface area contributed by atoms with Crippen LogP contribution in [0, 0.1) is 18.3 Å². The fraction of sp³-hybridized carbons (Fsp3) is 0.385. The van der Waals surface area contributed by atoms with Crippen molar-refractivity contribution in [1.82, 2.24) is 4.90 Å². The Balaban J connectivity index is 2.56. The molecule has 1 N–H and O–H groups in total. The number of hydrogen-bond acceptors (Lipinski definition) is 3. The highest BCUT2D eigenvalue weighted by atomic mass is 16.4. The molecule has 1 aromatic rings. The van der Waals surface area contributed by atoms with Crippen molar-refractivity contribution in [2.45, 2.75) is 19.9 Å². The minimum absolute atomic E-state index is 0.0630. The van der Waals surface area contributed by atoms with Crippen LogP contribution in [0.4, 0.5) is 0 Å². The highest BCUT2D eigenvalue weighted by Gasteiger charge is 2.07. The minimum atomic E-state index is -0.836. The van der Waals surface area contributed by atoms with E-state index >= 15 is 0 Å². The van der Waals surface area contributed by atoms with Crippen LogP contribution in [0.2, 0.25) is 0 Å². The minimum Gasteiger partial charge on any atom is -0.481 e. The van der Waals surface area contributed by atoms with E-state index in [9.17, 15) is 4.79 Å². The van der Waals surface area contributed by atoms with E-state index in [1.54, 1.807) is 0 Å². The third-order valence-electron chi connectivity index (χ3n) is 2.46. The van der Waals surface area contributed by atoms with Gasteiger partial charge in [0.2, 0.25) is 0 Å². The predicted octanol–water partition coefficient (Wildman–Crippen LogP) is 1.80. The second kappa shape index (κ2) is 6.66. The van der Waals surface area contributed by atoms with Gasteiger partial charge in [-0.25, -0.2) is 0 Å². The molecule has 1 aromatic carbocycles. The van der Waals surface area contributed by atoms with Crippen LogP contribution >= 0.6 is 0 Å². The Labute approximate surface area is 101 Å². The van der Waals surface area contributed by atoms with Crippen LogP contribution in [0.1, 0.15) is 17.5 Å². The van der Waals surface area contributed by atoms with Gasteiger partial charge < -0.3 is 5.11 Å². The molecular weight excluding hydrogens is 216 g/mol. The van der Waals surface area contributed by atoms with Gasteiger partial charge in [-0.15, -0.1) is 0 Å². The van der Waals surface area contributed by atoms with Gasteiger partial charge >= 0.3 is 5.97 Å². The van der Waals surface area contributed by atoms with Gasteiger partial charge in [-0.05, 0) is 12.5 Å². The van der Waals surface area contributed by atoms with Crippen LogP contribution in [0.3, 0.4) is 0 Å². The summed E-state index contributed by atoms with van der Waals surface area (Å²) in [7, 11) is 0. The van der Waals surface area contributed by atoms with Gasteiger partial charge in [0.25, 0.3) is 0 Å². The SMILES string of the molecule is Cc1ccc(CN(CC#N)CCC(=O)O)cc1. The van der Waals surface area contributed by atoms with Crippen molar-refractivity contribution < 1.29 is 9.90 Å². The standard InChI is InChI=1S/C13H16N2O2/c1-11-2-4-12(5-3-11)10-15(9-7-14)8-6-13(16)17/h2-5H,6,8-10H2,1H3,(H,16,17). The summed E-state index contributed by atoms with van der Waals surface area (Å²) in [4.78, 5) is 12.3. The average molecular weight is 232 g/mol. The molecule has 0 amide bonds. The normalized spacial score (nSPS) is 10.2. The zero-order chi connectivity index (χ0) is 12.7. The lowest BCUT2D eigenvalue weighted by Crippen LogP contribution is -2.26. The first kappa shape index (κ1) is 13.2. The third-order valence-corrected chi connectivity index (χ3v) is 2.46. The number of aliphatic carboxylic acids is 1. The van der Waals surface area contributed by atoms with E-state index in [0.29, 0.717) is 13.1 Å². The number of hydrogen-bond donors (Lipinski definition) is 1. The molecule has 17 heavy (non-hydrogen) atoms. The quantitative estimate of drug-likeness (QED) is 0.759. The van der Waals surface area contributed by atoms with E-state index in [1.165, 1.54) is 5.56 Å². The molecule has 0 aliphatic heterocycles. The van der Waals surface area contributed by atoms with Crippen molar-refractivity contribution in [2.75, 3.05) is 13.1 Å². The summed E-state index contributed by atoms with van der Waals surface area (Å²) in [5, 5.41) is 17.3. The number of benzene rings is 1. The molecule has 4 heteroatoms. The van der Waals surface area contributed by atoms with Gasteiger partial charge in [0.1, 0.15) is 0 Å². The van der Waals surface area contributed by atoms with E-state index in [-0.39, 0.29) is 13.0 Å². The monoisotopic (exact) mass is 232 g/mol. The van der Waals surface area contributed by atoms with Crippen molar-refractivity contribution in [2.24, 2.45) is 0 Å². The summed E-state index contributed by atoms with van der Waals surface area (Å²) in [5.74, 6) is -0.836. The average Bonchev–Trinajstić information content (AvgIpc) is 2.29. The maximum absolute atomic E-state index is 10.5. The number of rotatable bonds is 6. The number of nitriles is 1. The Bertz CT molecular complexity index is 406. The van der Waals surface area contributed by atoms with Crippen LogP contribution in [-0.2, 0) is 11.3 Å². The molecule has 0 radical (unpaired) electrons. The Morgan fingerprint density at radius 2 is 2.06 bits per heavy atom. The van der Waals surface area contributed by atoms with Crippen LogP contribution in [0.25, 0.3) is 0 Å². The maximum atomic E-state index is 10.5. The molecule has 0 bridgehead atoms. The molecule has 4 nitrogen and oxygen atoms in total. The molecule has 0 heterocycles. The second-order valence-electron chi connectivity index (χ2n) is 4.00. The molecule has 1 rings (SSSR count). The van der Waals surface area contributed by atoms with Gasteiger partial charge in [-0.3, -0.25) is 9.69 Å². The highest BCUT2D eigenvalue weighted by molar-refractivity contribution is 5.66. The molecule has 0 spiro atoms. The van der Waals surface area contributed by atoms with Gasteiger partial charge in [0, 0.05) is 13.1 Å². The number of aryl methyl sites for hydroxylation is 1. The molecule has 0 aromatic heterocycles. The van der Waals surface area contributed by atoms with Crippen molar-refractivity contribution in [3.8, 4) is 6.07 Å². The van der Waals surface area contributed by atoms with Crippen molar-refractivity contribution in [3.63, 3.8) is 0 Å². The maximum Gasteiger partial charge on any atom is 0.304 e. The zero-order valence-electron chi connectivity index (χ0n) is 9.89. The summed E-state index contributed by atoms with van der Waals surface area (Å²) >= 11 is 0. The summed E-state index contributed by atoms with van der Waals surface area (Å²) in [5.41, 5.74) is 2.28. The van der Waals surface area contributed by atoms with Gasteiger partial charge in [-0.2, -0.15) is 5.26 Å². The lowest BCUT2D eigenvalue weighted by molar-refractivity contribution is -0.137. The first-order valence-corrected chi connectivity index (χ1v) is 5.48. The lowest BCUT2D eigenvalue weighted by atomic mass is 10.1. The van der Waals surface area contributed by atoms with Gasteiger partial charge in [0.15, 0.2) is 0 Å². The van der Waals surface area contributed by atoms with E-state index < -0.39 is 5.97 Å². The molecule has 0 unspecified atom stereocenters. The Kier molecular flexibility index (Phi) is 5.18. The van der Waals surface area contributed by atoms with Crippen LogP contribution in [0.15, 0.2) is 24.3 Å². The van der Waals surface area contributed by atoms with Crippen molar-refractivity contribution >= 4 is 5.97 Å². The summed E-state index contributed by atoms with van der Waals surface area (Å²) in [6.45, 7) is 3.28. The van der Waals surface area contributed by atoms with Crippen LogP contribution in [-0.4, -0.2) is 29.1 Å². The van der Waals surface area contributed by atoms with E-state index in [2.05, 4.69) is 6.07 Å². The summed E-state index contributed by atoms with van der Waals surface area (Å²) < 4.78 is 0. The van der Waals surface area contributed by atoms with Crippen molar-refractivity contribution in [3.05, 3.63) is 35.4 Å². The van der Waals surface area contributed by atoms with Gasteiger partial charge in [-0.1, -0.05) is 29.8 Å².